The van der Waals surface area contributed by atoms with Gasteiger partial charge in [0.05, 0.1) is 0 Å². The van der Waals surface area contributed by atoms with E-state index in [2.05, 4.69) is 9.97 Å². The lowest BCUT2D eigenvalue weighted by molar-refractivity contribution is 0.0912. The van der Waals surface area contributed by atoms with Gasteiger partial charge in [0.2, 0.25) is 0 Å². The fourth-order valence-corrected chi connectivity index (χ4v) is 1.78. The fourth-order valence-electron chi connectivity index (χ4n) is 1.78. The average molecular weight is 254 g/mol. The van der Waals surface area contributed by atoms with Crippen molar-refractivity contribution in [1.82, 2.24) is 9.97 Å². The van der Waals surface area contributed by atoms with Crippen LogP contribution in [0, 0.1) is 6.92 Å². The molecule has 0 saturated heterocycles. The summed E-state index contributed by atoms with van der Waals surface area (Å²) in [5, 5.41) is 0. The lowest BCUT2D eigenvalue weighted by Gasteiger charge is -2.03. The van der Waals surface area contributed by atoms with Crippen LogP contribution in [0.4, 0.5) is 0 Å². The maximum Gasteiger partial charge on any atom is 0.181 e. The highest BCUT2D eigenvalue weighted by atomic mass is 16.1. The molecule has 0 amide bonds. The van der Waals surface area contributed by atoms with E-state index in [1.807, 2.05) is 13.0 Å². The highest BCUT2D eigenvalue weighted by molar-refractivity contribution is 6.01. The van der Waals surface area contributed by atoms with E-state index < -0.39 is 0 Å². The number of rotatable bonds is 5. The van der Waals surface area contributed by atoms with Gasteiger partial charge in [-0.2, -0.15) is 0 Å². The molecule has 0 bridgehead atoms. The standard InChI is InChI=1S/C15H14N2O2/c1-11-5-4-10-17-15(11)14(19)8-7-13(18)12-6-2-3-9-16-12/h2-6,9-10H,7-8H2,1H3. The quantitative estimate of drug-likeness (QED) is 0.769. The summed E-state index contributed by atoms with van der Waals surface area (Å²) in [5.41, 5.74) is 1.67. The Morgan fingerprint density at radius 1 is 0.947 bits per heavy atom. The van der Waals surface area contributed by atoms with E-state index >= 15 is 0 Å². The first-order valence-electron chi connectivity index (χ1n) is 6.07. The molecular weight excluding hydrogens is 240 g/mol. The van der Waals surface area contributed by atoms with Crippen molar-refractivity contribution >= 4 is 11.6 Å². The van der Waals surface area contributed by atoms with Crippen LogP contribution in [-0.4, -0.2) is 21.5 Å². The van der Waals surface area contributed by atoms with Crippen molar-refractivity contribution in [2.45, 2.75) is 19.8 Å². The molecule has 4 nitrogen and oxygen atoms in total. The summed E-state index contributed by atoms with van der Waals surface area (Å²) in [4.78, 5) is 31.8. The molecule has 0 N–H and O–H groups in total. The summed E-state index contributed by atoms with van der Waals surface area (Å²) in [6.07, 6.45) is 3.47. The molecular formula is C15H14N2O2. The van der Waals surface area contributed by atoms with Crippen LogP contribution in [0.2, 0.25) is 0 Å². The Morgan fingerprint density at radius 2 is 1.68 bits per heavy atom. The maximum atomic E-state index is 12.0. The number of nitrogens with zero attached hydrogens (tertiary/aromatic N) is 2. The maximum absolute atomic E-state index is 12.0. The van der Waals surface area contributed by atoms with Gasteiger partial charge < -0.3 is 0 Å². The molecule has 0 fully saturated rings. The number of Topliss-reactive ketones (excluding diaryl/α,β-unsaturated/α-hetero) is 2. The molecule has 2 aromatic rings. The Labute approximate surface area is 111 Å². The number of aromatic nitrogens is 2. The van der Waals surface area contributed by atoms with Crippen LogP contribution < -0.4 is 0 Å². The van der Waals surface area contributed by atoms with Crippen LogP contribution in [0.1, 0.15) is 39.4 Å². The lowest BCUT2D eigenvalue weighted by Crippen LogP contribution is -2.09. The highest BCUT2D eigenvalue weighted by Crippen LogP contribution is 2.10. The summed E-state index contributed by atoms with van der Waals surface area (Å²) in [7, 11) is 0. The second kappa shape index (κ2) is 6.00. The molecule has 0 spiro atoms. The number of carbonyl (C=O) groups is 2. The Balaban J connectivity index is 1.98. The van der Waals surface area contributed by atoms with E-state index in [1.54, 1.807) is 36.7 Å². The van der Waals surface area contributed by atoms with Crippen LogP contribution in [0.15, 0.2) is 42.7 Å². The minimum absolute atomic E-state index is 0.109. The van der Waals surface area contributed by atoms with Gasteiger partial charge in [-0.1, -0.05) is 12.1 Å². The first kappa shape index (κ1) is 13.1. The van der Waals surface area contributed by atoms with Crippen LogP contribution in [0.25, 0.3) is 0 Å². The minimum atomic E-state index is -0.123. The Morgan fingerprint density at radius 3 is 2.37 bits per heavy atom. The molecule has 0 saturated carbocycles. The van der Waals surface area contributed by atoms with Crippen LogP contribution in [0.5, 0.6) is 0 Å². The van der Waals surface area contributed by atoms with Gasteiger partial charge in [0, 0.05) is 25.2 Å². The smallest absolute Gasteiger partial charge is 0.181 e. The normalized spacial score (nSPS) is 10.2. The van der Waals surface area contributed by atoms with E-state index in [9.17, 15) is 9.59 Å². The van der Waals surface area contributed by atoms with E-state index in [0.29, 0.717) is 11.4 Å². The first-order valence-corrected chi connectivity index (χ1v) is 6.07. The van der Waals surface area contributed by atoms with Gasteiger partial charge in [-0.25, -0.2) is 0 Å². The van der Waals surface area contributed by atoms with Crippen molar-refractivity contribution in [2.75, 3.05) is 0 Å². The average Bonchev–Trinajstić information content (AvgIpc) is 2.46. The summed E-state index contributed by atoms with van der Waals surface area (Å²) in [6.45, 7) is 1.83. The minimum Gasteiger partial charge on any atom is -0.292 e. The van der Waals surface area contributed by atoms with Crippen LogP contribution >= 0.6 is 0 Å². The van der Waals surface area contributed by atoms with E-state index in [0.717, 1.165) is 5.56 Å². The third kappa shape index (κ3) is 3.31. The summed E-state index contributed by atoms with van der Waals surface area (Å²) in [6, 6.07) is 8.77. The molecule has 0 radical (unpaired) electrons. The largest absolute Gasteiger partial charge is 0.292 e. The monoisotopic (exact) mass is 254 g/mol. The van der Waals surface area contributed by atoms with Crippen molar-refractivity contribution in [3.8, 4) is 0 Å². The van der Waals surface area contributed by atoms with Crippen molar-refractivity contribution in [2.24, 2.45) is 0 Å². The fraction of sp³-hybridized carbons (Fsp3) is 0.200. The summed E-state index contributed by atoms with van der Waals surface area (Å²) >= 11 is 0. The second-order valence-corrected chi connectivity index (χ2v) is 4.23. The summed E-state index contributed by atoms with van der Waals surface area (Å²) in [5.74, 6) is -0.232. The molecule has 4 heteroatoms. The molecule has 2 aromatic heterocycles. The van der Waals surface area contributed by atoms with Crippen molar-refractivity contribution in [3.05, 3.63) is 59.7 Å². The van der Waals surface area contributed by atoms with Gasteiger partial charge in [0.15, 0.2) is 11.6 Å². The molecule has 0 aromatic carbocycles. The SMILES string of the molecule is Cc1cccnc1C(=O)CCC(=O)c1ccccn1. The lowest BCUT2D eigenvalue weighted by atomic mass is 10.0. The van der Waals surface area contributed by atoms with E-state index in [1.165, 1.54) is 0 Å². The zero-order valence-electron chi connectivity index (χ0n) is 10.7. The molecule has 0 aliphatic heterocycles. The molecule has 96 valence electrons. The molecule has 2 rings (SSSR count). The number of hydrogen-bond acceptors (Lipinski definition) is 4. The van der Waals surface area contributed by atoms with Crippen molar-refractivity contribution in [3.63, 3.8) is 0 Å². The molecule has 0 aliphatic carbocycles. The molecule has 0 atom stereocenters. The highest BCUT2D eigenvalue weighted by Gasteiger charge is 2.13. The van der Waals surface area contributed by atoms with Gasteiger partial charge in [-0.05, 0) is 30.7 Å². The van der Waals surface area contributed by atoms with Crippen molar-refractivity contribution in [1.29, 1.82) is 0 Å². The van der Waals surface area contributed by atoms with Crippen LogP contribution in [-0.2, 0) is 0 Å². The van der Waals surface area contributed by atoms with Crippen molar-refractivity contribution < 1.29 is 9.59 Å². The molecule has 0 aliphatic rings. The Bertz CT molecular complexity index is 594. The predicted molar refractivity (Wildman–Crippen MR) is 71.1 cm³/mol. The van der Waals surface area contributed by atoms with Gasteiger partial charge in [0.1, 0.15) is 11.4 Å². The summed E-state index contributed by atoms with van der Waals surface area (Å²) < 4.78 is 0. The second-order valence-electron chi connectivity index (χ2n) is 4.23. The molecule has 19 heavy (non-hydrogen) atoms. The Hall–Kier alpha value is -2.36. The van der Waals surface area contributed by atoms with Gasteiger partial charge in [-0.3, -0.25) is 19.6 Å². The molecule has 0 unspecified atom stereocenters. The number of hydrogen-bond donors (Lipinski definition) is 0. The van der Waals surface area contributed by atoms with E-state index in [4.69, 9.17) is 0 Å². The predicted octanol–water partition coefficient (Wildman–Crippen LogP) is 2.63. The van der Waals surface area contributed by atoms with Gasteiger partial charge in [-0.15, -0.1) is 0 Å². The third-order valence-corrected chi connectivity index (χ3v) is 2.80. The molecule has 2 heterocycles. The van der Waals surface area contributed by atoms with Crippen LogP contribution in [0.3, 0.4) is 0 Å². The zero-order valence-corrected chi connectivity index (χ0v) is 10.7. The van der Waals surface area contributed by atoms with Gasteiger partial charge in [0.25, 0.3) is 0 Å². The number of pyridine rings is 2. The number of carbonyl (C=O) groups excluding carboxylic acids is 2. The third-order valence-electron chi connectivity index (χ3n) is 2.80. The zero-order chi connectivity index (χ0) is 13.7. The van der Waals surface area contributed by atoms with E-state index in [-0.39, 0.29) is 24.4 Å². The van der Waals surface area contributed by atoms with Gasteiger partial charge >= 0.3 is 0 Å². The topological polar surface area (TPSA) is 59.9 Å². The Kier molecular flexibility index (Phi) is 4.13. The first-order chi connectivity index (χ1) is 9.18. The number of ketones is 2. The number of aryl methyl sites for hydroxylation is 1.